The number of hydrogen-bond acceptors (Lipinski definition) is 7. The van der Waals surface area contributed by atoms with Gasteiger partial charge in [-0.15, -0.1) is 0 Å². The summed E-state index contributed by atoms with van der Waals surface area (Å²) in [6, 6.07) is 4.70. The number of aromatic nitrogens is 2. The van der Waals surface area contributed by atoms with Gasteiger partial charge in [0.15, 0.2) is 5.96 Å². The number of carboxylic acids is 1. The van der Waals surface area contributed by atoms with Crippen molar-refractivity contribution in [2.24, 2.45) is 28.1 Å². The molecule has 224 valence electrons. The number of nitrogens with two attached hydrogens (primary N) is 3. The summed E-state index contributed by atoms with van der Waals surface area (Å²) in [5.41, 5.74) is 18.0. The normalized spacial score (nSPS) is 13.9. The summed E-state index contributed by atoms with van der Waals surface area (Å²) in [4.78, 5) is 62.2. The fraction of sp³-hybridized carbons (Fsp3) is 0.481. The maximum Gasteiger partial charge on any atom is 0.326 e. The van der Waals surface area contributed by atoms with Crippen LogP contribution in [0.25, 0.3) is 0 Å². The van der Waals surface area contributed by atoms with Crippen LogP contribution in [0.5, 0.6) is 0 Å². The Morgan fingerprint density at radius 1 is 0.951 bits per heavy atom. The standard InChI is InChI=1S/C27H41N9O5/c1-16(2)11-22(26(40)41)36-24(38)20(12-17-7-4-3-5-8-17)35-25(39)21(13-18-14-31-15-33-18)34-23(37)19(28)9-6-10-32-27(29)30/h3-5,7-8,14-16,19-22H,6,9-13,28H2,1-2H3,(H,31,33)(H,34,37)(H,35,39)(H,36,38)(H,40,41)(H4,29,30,32). The fourth-order valence-electron chi connectivity index (χ4n) is 4.05. The molecular weight excluding hydrogens is 530 g/mol. The zero-order valence-electron chi connectivity index (χ0n) is 23.4. The van der Waals surface area contributed by atoms with Gasteiger partial charge in [0.05, 0.1) is 12.4 Å². The van der Waals surface area contributed by atoms with Crippen LogP contribution in [-0.4, -0.2) is 75.4 Å². The summed E-state index contributed by atoms with van der Waals surface area (Å²) in [5.74, 6) is -3.09. The number of H-pyrrole nitrogens is 1. The summed E-state index contributed by atoms with van der Waals surface area (Å²) < 4.78 is 0. The van der Waals surface area contributed by atoms with E-state index in [2.05, 4.69) is 30.9 Å². The molecule has 3 amide bonds. The van der Waals surface area contributed by atoms with E-state index in [1.165, 1.54) is 12.5 Å². The SMILES string of the molecule is CC(C)CC(NC(=O)C(Cc1ccccc1)NC(=O)C(Cc1cnc[nH]1)NC(=O)C(N)CCCN=C(N)N)C(=O)O. The van der Waals surface area contributed by atoms with E-state index in [9.17, 15) is 24.3 Å². The second-order valence-corrected chi connectivity index (χ2v) is 10.2. The minimum atomic E-state index is -1.17. The molecule has 4 unspecified atom stereocenters. The van der Waals surface area contributed by atoms with Crippen molar-refractivity contribution in [3.05, 3.63) is 54.1 Å². The van der Waals surface area contributed by atoms with Gasteiger partial charge in [-0.25, -0.2) is 9.78 Å². The van der Waals surface area contributed by atoms with Gasteiger partial charge in [0.2, 0.25) is 17.7 Å². The molecule has 14 nitrogen and oxygen atoms in total. The third-order valence-electron chi connectivity index (χ3n) is 6.15. The van der Waals surface area contributed by atoms with E-state index in [4.69, 9.17) is 17.2 Å². The molecule has 0 radical (unpaired) electrons. The van der Waals surface area contributed by atoms with Crippen molar-refractivity contribution in [2.45, 2.75) is 70.1 Å². The summed E-state index contributed by atoms with van der Waals surface area (Å²) in [6.07, 6.45) is 4.03. The van der Waals surface area contributed by atoms with E-state index < -0.39 is 47.9 Å². The van der Waals surface area contributed by atoms with Gasteiger partial charge in [0.25, 0.3) is 0 Å². The predicted molar refractivity (Wildman–Crippen MR) is 153 cm³/mol. The van der Waals surface area contributed by atoms with Gasteiger partial charge in [-0.1, -0.05) is 44.2 Å². The van der Waals surface area contributed by atoms with E-state index >= 15 is 0 Å². The molecular formula is C27H41N9O5. The average molecular weight is 572 g/mol. The number of amides is 3. The number of nitrogens with zero attached hydrogens (tertiary/aromatic N) is 2. The first-order valence-electron chi connectivity index (χ1n) is 13.4. The highest BCUT2D eigenvalue weighted by molar-refractivity contribution is 5.94. The molecule has 14 heteroatoms. The van der Waals surface area contributed by atoms with Crippen molar-refractivity contribution < 1.29 is 24.3 Å². The second-order valence-electron chi connectivity index (χ2n) is 10.2. The average Bonchev–Trinajstić information content (AvgIpc) is 3.43. The van der Waals surface area contributed by atoms with Gasteiger partial charge < -0.3 is 43.2 Å². The van der Waals surface area contributed by atoms with Crippen LogP contribution in [0.15, 0.2) is 47.8 Å². The maximum atomic E-state index is 13.5. The number of hydrogen-bond donors (Lipinski definition) is 8. The van der Waals surface area contributed by atoms with Crippen LogP contribution < -0.4 is 33.2 Å². The van der Waals surface area contributed by atoms with Crippen molar-refractivity contribution in [1.82, 2.24) is 25.9 Å². The number of guanidine groups is 1. The lowest BCUT2D eigenvalue weighted by Crippen LogP contribution is -2.58. The Balaban J connectivity index is 2.22. The van der Waals surface area contributed by atoms with Crippen molar-refractivity contribution in [3.63, 3.8) is 0 Å². The number of carbonyl (C=O) groups is 4. The first-order valence-corrected chi connectivity index (χ1v) is 13.4. The number of carboxylic acid groups (broad SMARTS) is 1. The lowest BCUT2D eigenvalue weighted by Gasteiger charge is -2.25. The largest absolute Gasteiger partial charge is 0.480 e. The van der Waals surface area contributed by atoms with Crippen LogP contribution in [0.1, 0.15) is 44.4 Å². The molecule has 0 saturated carbocycles. The van der Waals surface area contributed by atoms with Crippen molar-refractivity contribution in [3.8, 4) is 0 Å². The van der Waals surface area contributed by atoms with Gasteiger partial charge in [0.1, 0.15) is 18.1 Å². The third kappa shape index (κ3) is 12.1. The minimum absolute atomic E-state index is 0.0104. The molecule has 0 aliphatic heterocycles. The maximum absolute atomic E-state index is 13.5. The van der Waals surface area contributed by atoms with E-state index in [0.717, 1.165) is 5.56 Å². The van der Waals surface area contributed by atoms with Crippen LogP contribution in [0, 0.1) is 5.92 Å². The Hall–Kier alpha value is -4.46. The number of aliphatic carboxylic acids is 1. The van der Waals surface area contributed by atoms with Gasteiger partial charge in [0, 0.05) is 31.3 Å². The number of nitrogens with one attached hydrogen (secondary N) is 4. The molecule has 0 saturated heterocycles. The molecule has 1 aromatic carbocycles. The fourth-order valence-corrected chi connectivity index (χ4v) is 4.05. The van der Waals surface area contributed by atoms with E-state index in [1.54, 1.807) is 24.3 Å². The summed E-state index contributed by atoms with van der Waals surface area (Å²) in [6.45, 7) is 3.99. The number of rotatable bonds is 17. The number of benzene rings is 1. The first kappa shape index (κ1) is 32.8. The lowest BCUT2D eigenvalue weighted by molar-refractivity contribution is -0.142. The highest BCUT2D eigenvalue weighted by Crippen LogP contribution is 2.09. The van der Waals surface area contributed by atoms with Crippen LogP contribution in [0.3, 0.4) is 0 Å². The molecule has 0 fully saturated rings. The lowest BCUT2D eigenvalue weighted by atomic mass is 10.0. The molecule has 0 bridgehead atoms. The molecule has 41 heavy (non-hydrogen) atoms. The number of imidazole rings is 1. The van der Waals surface area contributed by atoms with Crippen molar-refractivity contribution >= 4 is 29.7 Å². The number of aliphatic imine (C=N–C) groups is 1. The highest BCUT2D eigenvalue weighted by atomic mass is 16.4. The van der Waals surface area contributed by atoms with Crippen LogP contribution >= 0.6 is 0 Å². The van der Waals surface area contributed by atoms with E-state index in [-0.39, 0.29) is 37.6 Å². The molecule has 0 aliphatic carbocycles. The molecule has 2 rings (SSSR count). The van der Waals surface area contributed by atoms with Crippen LogP contribution in [0.2, 0.25) is 0 Å². The zero-order valence-corrected chi connectivity index (χ0v) is 23.4. The zero-order chi connectivity index (χ0) is 30.4. The molecule has 1 aromatic heterocycles. The Kier molecular flexibility index (Phi) is 13.3. The third-order valence-corrected chi connectivity index (χ3v) is 6.15. The van der Waals surface area contributed by atoms with Gasteiger partial charge in [-0.05, 0) is 30.7 Å². The number of carbonyl (C=O) groups excluding carboxylic acids is 3. The van der Waals surface area contributed by atoms with E-state index in [1.807, 2.05) is 19.9 Å². The predicted octanol–water partition coefficient (Wildman–Crippen LogP) is -0.839. The number of aromatic amines is 1. The Morgan fingerprint density at radius 3 is 2.12 bits per heavy atom. The molecule has 1 heterocycles. The van der Waals surface area contributed by atoms with Gasteiger partial charge in [-0.3, -0.25) is 19.4 Å². The molecule has 0 spiro atoms. The van der Waals surface area contributed by atoms with E-state index in [0.29, 0.717) is 18.7 Å². The molecule has 0 aliphatic rings. The van der Waals surface area contributed by atoms with Gasteiger partial charge in [-0.2, -0.15) is 0 Å². The Morgan fingerprint density at radius 2 is 1.56 bits per heavy atom. The van der Waals surface area contributed by atoms with Crippen LogP contribution in [-0.2, 0) is 32.0 Å². The Bertz CT molecular complexity index is 1150. The summed E-state index contributed by atoms with van der Waals surface area (Å²) in [5, 5.41) is 17.5. The summed E-state index contributed by atoms with van der Waals surface area (Å²) in [7, 11) is 0. The minimum Gasteiger partial charge on any atom is -0.480 e. The topological polar surface area (TPSA) is 244 Å². The summed E-state index contributed by atoms with van der Waals surface area (Å²) >= 11 is 0. The quantitative estimate of drug-likeness (QED) is 0.0669. The molecule has 2 aromatic rings. The monoisotopic (exact) mass is 571 g/mol. The van der Waals surface area contributed by atoms with Crippen LogP contribution in [0.4, 0.5) is 0 Å². The highest BCUT2D eigenvalue weighted by Gasteiger charge is 2.31. The molecule has 11 N–H and O–H groups in total. The molecule has 4 atom stereocenters. The first-order chi connectivity index (χ1) is 19.5. The Labute approximate surface area is 238 Å². The van der Waals surface area contributed by atoms with Crippen molar-refractivity contribution in [2.75, 3.05) is 6.54 Å². The van der Waals surface area contributed by atoms with Crippen molar-refractivity contribution in [1.29, 1.82) is 0 Å². The second kappa shape index (κ2) is 16.6. The van der Waals surface area contributed by atoms with Gasteiger partial charge >= 0.3 is 5.97 Å². The smallest absolute Gasteiger partial charge is 0.326 e.